The largest absolute Gasteiger partial charge is 0.462 e. The zero-order valence-corrected chi connectivity index (χ0v) is 56.6. The lowest BCUT2D eigenvalue weighted by atomic mass is 9.92. The second-order valence-electron chi connectivity index (χ2n) is 26.5. The number of guanidine groups is 2. The maximum Gasteiger partial charge on any atom is 0.246 e. The van der Waals surface area contributed by atoms with Crippen LogP contribution in [0.25, 0.3) is 0 Å². The molecule has 4 aromatic rings. The molecule has 0 aromatic heterocycles. The number of hydrogen-bond acceptors (Lipinski definition) is 32. The van der Waals surface area contributed by atoms with E-state index < -0.39 is 239 Å². The van der Waals surface area contributed by atoms with Crippen molar-refractivity contribution >= 4 is 53.1 Å². The third-order valence-electron chi connectivity index (χ3n) is 19.5. The molecular weight excluding hydrogens is 1400 g/mol. The molecule has 5 fully saturated rings. The minimum absolute atomic E-state index is 0.0621. The summed E-state index contributed by atoms with van der Waals surface area (Å²) in [5.74, 6) is -9.20. The molecule has 574 valence electrons. The van der Waals surface area contributed by atoms with Crippen LogP contribution in [0, 0.1) is 0 Å². The van der Waals surface area contributed by atoms with Crippen molar-refractivity contribution in [1.82, 2.24) is 42.1 Å². The van der Waals surface area contributed by atoms with Gasteiger partial charge in [0, 0.05) is 29.0 Å². The van der Waals surface area contributed by atoms with E-state index in [1.807, 2.05) is 0 Å². The van der Waals surface area contributed by atoms with Crippen LogP contribution in [0.3, 0.4) is 0 Å². The summed E-state index contributed by atoms with van der Waals surface area (Å²) < 4.78 is 41.5. The van der Waals surface area contributed by atoms with Gasteiger partial charge in [0.15, 0.2) is 36.5 Å². The summed E-state index contributed by atoms with van der Waals surface area (Å²) in [7, 11) is 0. The molecular formula is C68H86N12O26. The number of hydrogen-bond donors (Lipinski definition) is 21. The Balaban J connectivity index is 0.819. The molecule has 7 aliphatic rings. The van der Waals surface area contributed by atoms with Gasteiger partial charge >= 0.3 is 0 Å². The van der Waals surface area contributed by atoms with Crippen LogP contribution in [0.15, 0.2) is 119 Å². The molecule has 106 heavy (non-hydrogen) atoms. The monoisotopic (exact) mass is 1490 g/mol. The summed E-state index contributed by atoms with van der Waals surface area (Å²) in [4.78, 5) is 110. The fourth-order valence-electron chi connectivity index (χ4n) is 13.4. The van der Waals surface area contributed by atoms with E-state index in [-0.39, 0.29) is 36.2 Å². The Bertz CT molecular complexity index is 3800. The van der Waals surface area contributed by atoms with Crippen LogP contribution >= 0.6 is 0 Å². The first-order chi connectivity index (χ1) is 50.8. The van der Waals surface area contributed by atoms with E-state index in [1.165, 1.54) is 24.3 Å². The van der Waals surface area contributed by atoms with Gasteiger partial charge in [0.2, 0.25) is 41.7 Å². The zero-order chi connectivity index (χ0) is 75.9. The van der Waals surface area contributed by atoms with Gasteiger partial charge in [-0.2, -0.15) is 0 Å². The minimum Gasteiger partial charge on any atom is -0.462 e. The van der Waals surface area contributed by atoms with Crippen molar-refractivity contribution < 1.29 is 128 Å². The van der Waals surface area contributed by atoms with Gasteiger partial charge < -0.3 is 148 Å². The van der Waals surface area contributed by atoms with E-state index in [2.05, 4.69) is 47.2 Å². The third kappa shape index (κ3) is 17.2. The zero-order valence-electron chi connectivity index (χ0n) is 56.6. The highest BCUT2D eigenvalue weighted by atomic mass is 16.8. The molecule has 11 rings (SSSR count). The standard InChI is InChI=1S/C68H86N12O26/c1-28(30-8-4-2-5-9-30)43-60(97)74-35(20-29-12-18-34(19-13-29)101-65-54(93)51(90)56(40(26-83)103-65)106-66-55(94)52(91)57-41(104-66)27-100-64(105-57)33-16-14-32(15-17-33)46(85)31-10-6-3-7-11-31)59(96)78-44(47(86)36-21-72-67(69)76-36)62(99)79-45(61(98)75-37(24-81)58(95)71-23-42(84)77-43)48(87)38-22-73-68(70)80(38)63-53(92)50(89)49(88)39(25-82)102-63/h2-19,28,35-41,43-45,47-57,63-66,81-83,86-94H,20-27H2,1H3,(H2,70,73)(H,71,95)(H,74,97)(H,75,98)(H,77,84)(H,78,96)(H,79,99)(H3,69,72,76). The predicted molar refractivity (Wildman–Crippen MR) is 360 cm³/mol. The summed E-state index contributed by atoms with van der Waals surface area (Å²) in [5, 5.41) is 151. The van der Waals surface area contributed by atoms with Crippen LogP contribution in [0.4, 0.5) is 0 Å². The number of aliphatic imine (C=N–C) groups is 2. The van der Waals surface area contributed by atoms with Crippen molar-refractivity contribution in [1.29, 1.82) is 0 Å². The van der Waals surface area contributed by atoms with Gasteiger partial charge in [-0.3, -0.25) is 43.5 Å². The maximum atomic E-state index is 15.2. The number of nitrogens with one attached hydrogen (secondary N) is 7. The summed E-state index contributed by atoms with van der Waals surface area (Å²) in [6.07, 6.45) is -31.4. The number of carbonyl (C=O) groups excluding carboxylic acids is 7. The van der Waals surface area contributed by atoms with Crippen LogP contribution in [-0.2, 0) is 63.6 Å². The van der Waals surface area contributed by atoms with Gasteiger partial charge in [-0.25, -0.2) is 0 Å². The Morgan fingerprint density at radius 1 is 0.585 bits per heavy atom. The molecule has 0 spiro atoms. The fourth-order valence-corrected chi connectivity index (χ4v) is 13.4. The summed E-state index contributed by atoms with van der Waals surface area (Å²) in [5.41, 5.74) is 14.3. The van der Waals surface area contributed by atoms with Crippen molar-refractivity contribution in [3.8, 4) is 5.75 Å². The van der Waals surface area contributed by atoms with E-state index in [0.29, 0.717) is 22.3 Å². The number of carbonyl (C=O) groups is 7. The molecule has 0 aliphatic carbocycles. The number of fused-ring (bicyclic) bond motifs is 1. The molecule has 0 bridgehead atoms. The highest BCUT2D eigenvalue weighted by Gasteiger charge is 2.55. The van der Waals surface area contributed by atoms with Crippen LogP contribution in [-0.4, -0.2) is 312 Å². The Hall–Kier alpha value is -9.01. The van der Waals surface area contributed by atoms with Crippen molar-refractivity contribution in [3.63, 3.8) is 0 Å². The number of aliphatic hydroxyl groups excluding tert-OH is 12. The minimum atomic E-state index is -2.35. The quantitative estimate of drug-likeness (QED) is 0.0388. The van der Waals surface area contributed by atoms with Crippen LogP contribution in [0.5, 0.6) is 5.75 Å². The molecule has 26 atom stereocenters. The van der Waals surface area contributed by atoms with Crippen molar-refractivity contribution in [2.45, 2.75) is 172 Å². The van der Waals surface area contributed by atoms with Crippen LogP contribution in [0.1, 0.15) is 51.7 Å². The maximum absolute atomic E-state index is 15.2. The molecule has 6 amide bonds. The third-order valence-corrected chi connectivity index (χ3v) is 19.5. The number of nitrogens with two attached hydrogens (primary N) is 2. The lowest BCUT2D eigenvalue weighted by Gasteiger charge is -2.48. The Labute approximate surface area is 603 Å². The first-order valence-corrected chi connectivity index (χ1v) is 34.0. The van der Waals surface area contributed by atoms with Gasteiger partial charge in [0.05, 0.1) is 58.1 Å². The molecule has 7 heterocycles. The average Bonchev–Trinajstić information content (AvgIpc) is 1.17. The number of amides is 6. The number of nitrogens with zero attached hydrogens (tertiary/aromatic N) is 3. The van der Waals surface area contributed by atoms with Crippen LogP contribution in [0.2, 0.25) is 0 Å². The van der Waals surface area contributed by atoms with E-state index in [4.69, 9.17) is 44.6 Å². The summed E-state index contributed by atoms with van der Waals surface area (Å²) >= 11 is 0. The highest BCUT2D eigenvalue weighted by molar-refractivity contribution is 6.09. The lowest BCUT2D eigenvalue weighted by molar-refractivity contribution is -0.383. The first-order valence-electron chi connectivity index (χ1n) is 34.0. The van der Waals surface area contributed by atoms with Crippen LogP contribution < -0.4 is 53.4 Å². The smallest absolute Gasteiger partial charge is 0.246 e. The van der Waals surface area contributed by atoms with Crippen molar-refractivity contribution in [2.24, 2.45) is 21.5 Å². The van der Waals surface area contributed by atoms with E-state index in [9.17, 15) is 85.3 Å². The summed E-state index contributed by atoms with van der Waals surface area (Å²) in [6.45, 7) is -3.34. The molecule has 0 radical (unpaired) electrons. The predicted octanol–water partition coefficient (Wildman–Crippen LogP) is -9.62. The molecule has 38 nitrogen and oxygen atoms in total. The highest BCUT2D eigenvalue weighted by Crippen LogP contribution is 2.37. The number of ketones is 1. The number of rotatable bonds is 19. The van der Waals surface area contributed by atoms with E-state index in [0.717, 1.165) is 4.90 Å². The SMILES string of the molecule is CC(c1ccccc1)C1NC(=O)CNC(=O)C(CO)NC(=O)C(C(O)C2CN=C(N)N2C2OC(CO)C(O)C(O)C2O)NC(=O)C(C(O)C2CN=C(N)N2)NC(=O)C(Cc2ccc(OC3OC(CO)C(OC4OC5COC(c6ccc(C(=O)c7ccccc7)cc6)OC5C(O)C4O)C(O)C3O)cc2)NC1=O. The second kappa shape index (κ2) is 34.3. The number of ether oxygens (including phenoxy) is 7. The Kier molecular flexibility index (Phi) is 25.2. The topological polar surface area (TPSA) is 591 Å². The van der Waals surface area contributed by atoms with E-state index in [1.54, 1.807) is 91.9 Å². The average molecular weight is 1490 g/mol. The van der Waals surface area contributed by atoms with Gasteiger partial charge in [0.25, 0.3) is 0 Å². The van der Waals surface area contributed by atoms with Gasteiger partial charge in [-0.1, -0.05) is 104 Å². The first kappa shape index (κ1) is 78.1. The molecule has 23 N–H and O–H groups in total. The van der Waals surface area contributed by atoms with Gasteiger partial charge in [-0.05, 0) is 23.3 Å². The van der Waals surface area contributed by atoms with Gasteiger partial charge in [0.1, 0.15) is 121 Å². The Morgan fingerprint density at radius 3 is 1.87 bits per heavy atom. The fraction of sp³-hybridized carbons (Fsp3) is 0.515. The molecule has 4 aromatic carbocycles. The van der Waals surface area contributed by atoms with Crippen molar-refractivity contribution in [2.75, 3.05) is 46.1 Å². The second-order valence-corrected chi connectivity index (χ2v) is 26.5. The van der Waals surface area contributed by atoms with Gasteiger partial charge in [-0.15, -0.1) is 0 Å². The normalized spacial score (nSPS) is 35.1. The number of benzene rings is 4. The molecule has 5 saturated heterocycles. The van der Waals surface area contributed by atoms with Crippen molar-refractivity contribution in [3.05, 3.63) is 137 Å². The molecule has 26 unspecified atom stereocenters. The van der Waals surface area contributed by atoms with E-state index >= 15 is 9.59 Å². The lowest BCUT2D eigenvalue weighted by Crippen LogP contribution is -2.70. The molecule has 0 saturated carbocycles. The molecule has 38 heteroatoms. The number of aliphatic hydroxyl groups is 12. The molecule has 7 aliphatic heterocycles. The summed E-state index contributed by atoms with van der Waals surface area (Å²) in [6, 6.07) is 16.0. The Morgan fingerprint density at radius 2 is 1.21 bits per heavy atom.